The SMILES string of the molecule is Cc1nccn1CCC(=O)N1CCCC2(CNC(=O)c3ccccc3O2)C1. The number of aromatic nitrogens is 2. The average molecular weight is 368 g/mol. The van der Waals surface area contributed by atoms with E-state index in [2.05, 4.69) is 10.3 Å². The zero-order chi connectivity index (χ0) is 18.9. The number of imidazole rings is 1. The molecular weight excluding hydrogens is 344 g/mol. The van der Waals surface area contributed by atoms with Gasteiger partial charge in [0.2, 0.25) is 5.91 Å². The molecule has 27 heavy (non-hydrogen) atoms. The summed E-state index contributed by atoms with van der Waals surface area (Å²) >= 11 is 0. The first kappa shape index (κ1) is 17.6. The molecule has 3 heterocycles. The van der Waals surface area contributed by atoms with Crippen molar-refractivity contribution in [1.29, 1.82) is 0 Å². The van der Waals surface area contributed by atoms with Crippen LogP contribution in [0.1, 0.15) is 35.4 Å². The van der Waals surface area contributed by atoms with Crippen molar-refractivity contribution in [2.45, 2.75) is 38.3 Å². The predicted molar refractivity (Wildman–Crippen MR) is 99.5 cm³/mol. The Morgan fingerprint density at radius 1 is 1.37 bits per heavy atom. The van der Waals surface area contributed by atoms with Gasteiger partial charge in [0.05, 0.1) is 18.7 Å². The summed E-state index contributed by atoms with van der Waals surface area (Å²) in [6, 6.07) is 7.28. The molecule has 1 aromatic heterocycles. The number of likely N-dealkylation sites (tertiary alicyclic amines) is 1. The van der Waals surface area contributed by atoms with Gasteiger partial charge in [-0.1, -0.05) is 12.1 Å². The molecule has 2 aliphatic heterocycles. The van der Waals surface area contributed by atoms with Crippen LogP contribution in [0.25, 0.3) is 0 Å². The highest BCUT2D eigenvalue weighted by molar-refractivity contribution is 5.97. The van der Waals surface area contributed by atoms with E-state index in [9.17, 15) is 9.59 Å². The number of hydrogen-bond donors (Lipinski definition) is 1. The maximum Gasteiger partial charge on any atom is 0.255 e. The minimum absolute atomic E-state index is 0.106. The molecule has 0 bridgehead atoms. The molecule has 1 fully saturated rings. The maximum absolute atomic E-state index is 12.8. The number of piperidine rings is 1. The van der Waals surface area contributed by atoms with Crippen LogP contribution < -0.4 is 10.1 Å². The van der Waals surface area contributed by atoms with E-state index < -0.39 is 5.60 Å². The van der Waals surface area contributed by atoms with Crippen LogP contribution in [0.5, 0.6) is 5.75 Å². The number of carbonyl (C=O) groups excluding carboxylic acids is 2. The molecule has 1 unspecified atom stereocenters. The number of nitrogens with zero attached hydrogens (tertiary/aromatic N) is 3. The molecule has 7 nitrogen and oxygen atoms in total. The van der Waals surface area contributed by atoms with Gasteiger partial charge in [0.25, 0.3) is 5.91 Å². The van der Waals surface area contributed by atoms with Crippen LogP contribution in [0.2, 0.25) is 0 Å². The number of carbonyl (C=O) groups is 2. The van der Waals surface area contributed by atoms with Crippen molar-refractivity contribution in [2.24, 2.45) is 0 Å². The molecule has 2 amide bonds. The van der Waals surface area contributed by atoms with Gasteiger partial charge in [-0.2, -0.15) is 0 Å². The maximum atomic E-state index is 12.8. The van der Waals surface area contributed by atoms with E-state index >= 15 is 0 Å². The summed E-state index contributed by atoms with van der Waals surface area (Å²) in [5, 5.41) is 2.97. The van der Waals surface area contributed by atoms with E-state index in [0.29, 0.717) is 37.4 Å². The second-order valence-corrected chi connectivity index (χ2v) is 7.30. The van der Waals surface area contributed by atoms with Gasteiger partial charge in [-0.15, -0.1) is 0 Å². The van der Waals surface area contributed by atoms with Crippen LogP contribution in [0, 0.1) is 6.92 Å². The molecule has 0 radical (unpaired) electrons. The Morgan fingerprint density at radius 3 is 3.04 bits per heavy atom. The van der Waals surface area contributed by atoms with Crippen molar-refractivity contribution in [1.82, 2.24) is 19.8 Å². The van der Waals surface area contributed by atoms with Crippen molar-refractivity contribution >= 4 is 11.8 Å². The third kappa shape index (κ3) is 3.54. The third-order valence-corrected chi connectivity index (χ3v) is 5.41. The minimum Gasteiger partial charge on any atom is -0.483 e. The van der Waals surface area contributed by atoms with Crippen LogP contribution in [0.4, 0.5) is 0 Å². The molecule has 1 spiro atoms. The Balaban J connectivity index is 1.46. The first-order valence-corrected chi connectivity index (χ1v) is 9.38. The minimum atomic E-state index is -0.568. The van der Waals surface area contributed by atoms with E-state index in [4.69, 9.17) is 4.74 Å². The summed E-state index contributed by atoms with van der Waals surface area (Å²) in [7, 11) is 0. The molecule has 2 aliphatic rings. The molecule has 142 valence electrons. The lowest BCUT2D eigenvalue weighted by Gasteiger charge is -2.42. The van der Waals surface area contributed by atoms with Gasteiger partial charge in [0, 0.05) is 31.9 Å². The van der Waals surface area contributed by atoms with Crippen LogP contribution in [0.15, 0.2) is 36.7 Å². The van der Waals surface area contributed by atoms with Crippen LogP contribution in [-0.2, 0) is 11.3 Å². The summed E-state index contributed by atoms with van der Waals surface area (Å²) in [6.45, 7) is 4.17. The van der Waals surface area contributed by atoms with Crippen molar-refractivity contribution in [3.63, 3.8) is 0 Å². The second-order valence-electron chi connectivity index (χ2n) is 7.30. The number of hydrogen-bond acceptors (Lipinski definition) is 4. The Kier molecular flexibility index (Phi) is 4.59. The molecule has 0 saturated carbocycles. The zero-order valence-electron chi connectivity index (χ0n) is 15.5. The van der Waals surface area contributed by atoms with E-state index in [1.807, 2.05) is 40.8 Å². The molecular formula is C20H24N4O3. The molecule has 4 rings (SSSR count). The van der Waals surface area contributed by atoms with Gasteiger partial charge in [-0.25, -0.2) is 4.98 Å². The quantitative estimate of drug-likeness (QED) is 0.896. The molecule has 1 aromatic carbocycles. The van der Waals surface area contributed by atoms with E-state index in [1.165, 1.54) is 0 Å². The van der Waals surface area contributed by atoms with Gasteiger partial charge < -0.3 is 19.5 Å². The lowest BCUT2D eigenvalue weighted by molar-refractivity contribution is -0.137. The number of fused-ring (bicyclic) bond motifs is 1. The standard InChI is InChI=1S/C20H24N4O3/c1-15-21-9-12-23(15)11-7-18(25)24-10-4-8-20(14-24)13-22-19(26)16-5-2-3-6-17(16)27-20/h2-3,5-6,9,12H,4,7-8,10-11,13-14H2,1H3,(H,22,26). The van der Waals surface area contributed by atoms with Crippen molar-refractivity contribution in [2.75, 3.05) is 19.6 Å². The van der Waals surface area contributed by atoms with Crippen LogP contribution in [0.3, 0.4) is 0 Å². The normalized spacial score (nSPS) is 22.0. The van der Waals surface area contributed by atoms with E-state index in [1.54, 1.807) is 12.3 Å². The fourth-order valence-corrected chi connectivity index (χ4v) is 3.90. The zero-order valence-corrected chi connectivity index (χ0v) is 15.5. The topological polar surface area (TPSA) is 76.5 Å². The molecule has 0 aliphatic carbocycles. The highest BCUT2D eigenvalue weighted by atomic mass is 16.5. The van der Waals surface area contributed by atoms with E-state index in [-0.39, 0.29) is 11.8 Å². The summed E-state index contributed by atoms with van der Waals surface area (Å²) in [5.41, 5.74) is -0.0189. The van der Waals surface area contributed by atoms with Gasteiger partial charge in [0.1, 0.15) is 17.2 Å². The number of nitrogens with one attached hydrogen (secondary N) is 1. The lowest BCUT2D eigenvalue weighted by Crippen LogP contribution is -2.58. The Labute approximate surface area is 158 Å². The largest absolute Gasteiger partial charge is 0.483 e. The summed E-state index contributed by atoms with van der Waals surface area (Å²) < 4.78 is 8.30. The highest BCUT2D eigenvalue weighted by Crippen LogP contribution is 2.32. The number of benzene rings is 1. The monoisotopic (exact) mass is 368 g/mol. The third-order valence-electron chi connectivity index (χ3n) is 5.41. The van der Waals surface area contributed by atoms with Gasteiger partial charge in [-0.3, -0.25) is 9.59 Å². The number of aryl methyl sites for hydroxylation is 2. The Morgan fingerprint density at radius 2 is 2.22 bits per heavy atom. The second kappa shape index (κ2) is 7.06. The fourth-order valence-electron chi connectivity index (χ4n) is 3.90. The average Bonchev–Trinajstić information content (AvgIpc) is 3.04. The van der Waals surface area contributed by atoms with E-state index in [0.717, 1.165) is 25.2 Å². The van der Waals surface area contributed by atoms with Crippen molar-refractivity contribution in [3.05, 3.63) is 48.0 Å². The van der Waals surface area contributed by atoms with Crippen LogP contribution in [-0.4, -0.2) is 51.5 Å². The summed E-state index contributed by atoms with van der Waals surface area (Å²) in [6.07, 6.45) is 5.73. The van der Waals surface area contributed by atoms with Crippen molar-refractivity contribution in [3.8, 4) is 5.75 Å². The highest BCUT2D eigenvalue weighted by Gasteiger charge is 2.41. The molecule has 2 aromatic rings. The number of rotatable bonds is 3. The molecule has 1 atom stereocenters. The summed E-state index contributed by atoms with van der Waals surface area (Å²) in [4.78, 5) is 31.2. The smallest absolute Gasteiger partial charge is 0.255 e. The summed E-state index contributed by atoms with van der Waals surface area (Å²) in [5.74, 6) is 1.48. The van der Waals surface area contributed by atoms with Crippen molar-refractivity contribution < 1.29 is 14.3 Å². The molecule has 1 N–H and O–H groups in total. The first-order chi connectivity index (χ1) is 13.1. The lowest BCUT2D eigenvalue weighted by atomic mass is 9.92. The molecule has 7 heteroatoms. The number of para-hydroxylation sites is 1. The number of amides is 2. The Hall–Kier alpha value is -2.83. The van der Waals surface area contributed by atoms with Gasteiger partial charge in [0.15, 0.2) is 0 Å². The van der Waals surface area contributed by atoms with Gasteiger partial charge in [-0.05, 0) is 31.9 Å². The first-order valence-electron chi connectivity index (χ1n) is 9.38. The Bertz CT molecular complexity index is 862. The molecule has 1 saturated heterocycles. The predicted octanol–water partition coefficient (Wildman–Crippen LogP) is 1.77. The van der Waals surface area contributed by atoms with Gasteiger partial charge >= 0.3 is 0 Å². The fraction of sp³-hybridized carbons (Fsp3) is 0.450. The van der Waals surface area contributed by atoms with Crippen LogP contribution >= 0.6 is 0 Å². The number of ether oxygens (including phenoxy) is 1.